The smallest absolute Gasteiger partial charge is 0.134 e. The van der Waals surface area contributed by atoms with Gasteiger partial charge in [0.05, 0.1) is 6.04 Å². The van der Waals surface area contributed by atoms with E-state index in [1.54, 1.807) is 6.07 Å². The van der Waals surface area contributed by atoms with E-state index >= 15 is 0 Å². The fourth-order valence-corrected chi connectivity index (χ4v) is 5.37. The van der Waals surface area contributed by atoms with E-state index in [1.165, 1.54) is 23.6 Å². The molecule has 20 heavy (non-hydrogen) atoms. The summed E-state index contributed by atoms with van der Waals surface area (Å²) in [7, 11) is 0. The molecule has 1 aliphatic heterocycles. The van der Waals surface area contributed by atoms with Crippen LogP contribution in [0.4, 0.5) is 4.39 Å². The lowest BCUT2D eigenvalue weighted by molar-refractivity contribution is 0.436. The van der Waals surface area contributed by atoms with Crippen molar-refractivity contribution < 1.29 is 8.81 Å². The Morgan fingerprint density at radius 2 is 2.30 bits per heavy atom. The first-order chi connectivity index (χ1) is 9.78. The molecule has 0 amide bonds. The highest BCUT2D eigenvalue weighted by molar-refractivity contribution is 8.06. The minimum Gasteiger partial charge on any atom is -0.459 e. The number of hydrogen-bond donors (Lipinski definition) is 1. The summed E-state index contributed by atoms with van der Waals surface area (Å²) in [5, 5.41) is 4.88. The lowest BCUT2D eigenvalue weighted by Gasteiger charge is -2.28. The van der Waals surface area contributed by atoms with Crippen LogP contribution in [0.1, 0.15) is 18.7 Å². The van der Waals surface area contributed by atoms with Crippen molar-refractivity contribution in [2.45, 2.75) is 18.2 Å². The Kier molecular flexibility index (Phi) is 4.58. The van der Waals surface area contributed by atoms with E-state index in [1.807, 2.05) is 29.6 Å². The minimum absolute atomic E-state index is 0.202. The van der Waals surface area contributed by atoms with E-state index in [0.717, 1.165) is 29.0 Å². The summed E-state index contributed by atoms with van der Waals surface area (Å²) in [5.74, 6) is 4.26. The van der Waals surface area contributed by atoms with Crippen molar-refractivity contribution in [1.82, 2.24) is 5.32 Å². The Balaban J connectivity index is 1.91. The molecule has 0 bridgehead atoms. The van der Waals surface area contributed by atoms with Gasteiger partial charge in [-0.3, -0.25) is 0 Å². The summed E-state index contributed by atoms with van der Waals surface area (Å²) in [6, 6.07) is 6.87. The fraction of sp³-hybridized carbons (Fsp3) is 0.467. The van der Waals surface area contributed by atoms with E-state index < -0.39 is 0 Å². The van der Waals surface area contributed by atoms with Crippen molar-refractivity contribution in [2.75, 3.05) is 23.8 Å². The predicted octanol–water partition coefficient (Wildman–Crippen LogP) is 4.07. The number of benzene rings is 1. The van der Waals surface area contributed by atoms with Crippen LogP contribution in [0.3, 0.4) is 0 Å². The van der Waals surface area contributed by atoms with E-state index in [9.17, 15) is 4.39 Å². The Hall–Kier alpha value is -0.650. The van der Waals surface area contributed by atoms with Crippen LogP contribution in [-0.4, -0.2) is 29.1 Å². The van der Waals surface area contributed by atoms with Gasteiger partial charge in [0.2, 0.25) is 0 Å². The molecule has 1 saturated heterocycles. The highest BCUT2D eigenvalue weighted by atomic mass is 32.2. The zero-order valence-electron chi connectivity index (χ0n) is 11.4. The van der Waals surface area contributed by atoms with Crippen LogP contribution in [0.25, 0.3) is 11.0 Å². The maximum atomic E-state index is 13.3. The fourth-order valence-electron chi connectivity index (χ4n) is 2.52. The summed E-state index contributed by atoms with van der Waals surface area (Å²) >= 11 is 4.00. The summed E-state index contributed by atoms with van der Waals surface area (Å²) in [4.78, 5) is 0. The summed E-state index contributed by atoms with van der Waals surface area (Å²) in [6.07, 6.45) is 0. The largest absolute Gasteiger partial charge is 0.459 e. The van der Waals surface area contributed by atoms with Crippen molar-refractivity contribution in [3.05, 3.63) is 35.8 Å². The van der Waals surface area contributed by atoms with Crippen molar-refractivity contribution in [3.63, 3.8) is 0 Å². The molecule has 1 N–H and O–H groups in total. The lowest BCUT2D eigenvalue weighted by Crippen LogP contribution is -2.33. The number of rotatable bonds is 4. The summed E-state index contributed by atoms with van der Waals surface area (Å²) < 4.78 is 19.2. The van der Waals surface area contributed by atoms with Gasteiger partial charge in [0.15, 0.2) is 0 Å². The second kappa shape index (κ2) is 6.41. The number of nitrogens with one attached hydrogen (secondary N) is 1. The molecule has 2 heterocycles. The molecule has 2 unspecified atom stereocenters. The number of halogens is 1. The molecule has 108 valence electrons. The van der Waals surface area contributed by atoms with Crippen LogP contribution >= 0.6 is 23.5 Å². The van der Waals surface area contributed by atoms with Gasteiger partial charge in [-0.15, -0.1) is 0 Å². The predicted molar refractivity (Wildman–Crippen MR) is 86.2 cm³/mol. The highest BCUT2D eigenvalue weighted by Crippen LogP contribution is 2.35. The number of fused-ring (bicyclic) bond motifs is 1. The molecule has 1 aromatic carbocycles. The van der Waals surface area contributed by atoms with Gasteiger partial charge in [-0.1, -0.05) is 6.92 Å². The van der Waals surface area contributed by atoms with E-state index in [0.29, 0.717) is 5.25 Å². The van der Waals surface area contributed by atoms with Crippen LogP contribution in [0.2, 0.25) is 0 Å². The number of thioether (sulfide) groups is 2. The molecular weight excluding hydrogens is 293 g/mol. The third-order valence-electron chi connectivity index (χ3n) is 3.44. The maximum absolute atomic E-state index is 13.3. The van der Waals surface area contributed by atoms with E-state index in [2.05, 4.69) is 12.2 Å². The maximum Gasteiger partial charge on any atom is 0.134 e. The van der Waals surface area contributed by atoms with Crippen LogP contribution in [0.5, 0.6) is 0 Å². The summed E-state index contributed by atoms with van der Waals surface area (Å²) in [5.41, 5.74) is 0.762. The van der Waals surface area contributed by atoms with E-state index in [-0.39, 0.29) is 11.9 Å². The summed E-state index contributed by atoms with van der Waals surface area (Å²) in [6.45, 7) is 3.01. The van der Waals surface area contributed by atoms with Crippen molar-refractivity contribution >= 4 is 34.5 Å². The van der Waals surface area contributed by atoms with Crippen molar-refractivity contribution in [3.8, 4) is 0 Å². The molecule has 0 radical (unpaired) electrons. The van der Waals surface area contributed by atoms with Crippen molar-refractivity contribution in [1.29, 1.82) is 0 Å². The molecule has 0 aliphatic carbocycles. The third-order valence-corrected chi connectivity index (χ3v) is 6.31. The van der Waals surface area contributed by atoms with Crippen LogP contribution in [-0.2, 0) is 0 Å². The average molecular weight is 311 g/mol. The Morgan fingerprint density at radius 1 is 1.40 bits per heavy atom. The number of furan rings is 1. The first-order valence-corrected chi connectivity index (χ1v) is 9.10. The normalized spacial score (nSPS) is 21.2. The molecule has 2 nitrogen and oxygen atoms in total. The van der Waals surface area contributed by atoms with Gasteiger partial charge < -0.3 is 9.73 Å². The first kappa shape index (κ1) is 14.3. The Bertz CT molecular complexity index is 580. The molecule has 2 atom stereocenters. The molecule has 0 spiro atoms. The van der Waals surface area contributed by atoms with Gasteiger partial charge in [0, 0.05) is 27.9 Å². The highest BCUT2D eigenvalue weighted by Gasteiger charge is 2.28. The standard InChI is InChI=1S/C15H18FNOS2/c1-2-17-15(14-9-19-5-6-20-14)13-8-10-7-11(16)3-4-12(10)18-13/h3-4,7-8,14-15,17H,2,5-6,9H2,1H3. The molecule has 1 aromatic heterocycles. The van der Waals surface area contributed by atoms with Crippen LogP contribution in [0, 0.1) is 5.82 Å². The van der Waals surface area contributed by atoms with Gasteiger partial charge in [0.1, 0.15) is 17.2 Å². The third kappa shape index (κ3) is 3.00. The van der Waals surface area contributed by atoms with E-state index in [4.69, 9.17) is 4.42 Å². The second-order valence-corrected chi connectivity index (χ2v) is 7.35. The zero-order valence-corrected chi connectivity index (χ0v) is 13.0. The van der Waals surface area contributed by atoms with Gasteiger partial charge in [-0.25, -0.2) is 4.39 Å². The second-order valence-electron chi connectivity index (χ2n) is 4.85. The molecule has 0 saturated carbocycles. The Labute approximate surface area is 126 Å². The quantitative estimate of drug-likeness (QED) is 0.920. The SMILES string of the molecule is CCNC(c1cc2cc(F)ccc2o1)C1CSCCS1. The molecule has 1 fully saturated rings. The topological polar surface area (TPSA) is 25.2 Å². The van der Waals surface area contributed by atoms with Crippen LogP contribution < -0.4 is 5.32 Å². The van der Waals surface area contributed by atoms with Gasteiger partial charge >= 0.3 is 0 Å². The number of hydrogen-bond acceptors (Lipinski definition) is 4. The molecule has 5 heteroatoms. The molecule has 3 rings (SSSR count). The molecule has 2 aromatic rings. The molecular formula is C15H18FNOS2. The Morgan fingerprint density at radius 3 is 3.05 bits per heavy atom. The average Bonchev–Trinajstić information content (AvgIpc) is 2.88. The van der Waals surface area contributed by atoms with Crippen molar-refractivity contribution in [2.24, 2.45) is 0 Å². The minimum atomic E-state index is -0.215. The monoisotopic (exact) mass is 311 g/mol. The zero-order chi connectivity index (χ0) is 13.9. The molecule has 1 aliphatic rings. The lowest BCUT2D eigenvalue weighted by atomic mass is 10.1. The first-order valence-electron chi connectivity index (χ1n) is 6.89. The van der Waals surface area contributed by atoms with Gasteiger partial charge in [-0.05, 0) is 30.8 Å². The van der Waals surface area contributed by atoms with Gasteiger partial charge in [-0.2, -0.15) is 23.5 Å². The van der Waals surface area contributed by atoms with Crippen LogP contribution in [0.15, 0.2) is 28.7 Å². The van der Waals surface area contributed by atoms with Gasteiger partial charge in [0.25, 0.3) is 0 Å².